The van der Waals surface area contributed by atoms with Gasteiger partial charge in [-0.05, 0) is 24.1 Å². The standard InChI is InChI=1S/C16H19Cl2F2N5O.HI/c1-21-16(22-4-3-10-7-24-25(2)9-10)23-8-11-5-12(17)6-13(18)14(11)26-15(19)20;/h5-7,9,15H,3-4,8H2,1-2H3,(H2,21,22,23);1H. The second-order valence-electron chi connectivity index (χ2n) is 5.38. The van der Waals surface area contributed by atoms with Crippen LogP contribution < -0.4 is 15.4 Å². The van der Waals surface area contributed by atoms with Crippen LogP contribution in [0.4, 0.5) is 8.78 Å². The van der Waals surface area contributed by atoms with E-state index in [0.29, 0.717) is 23.1 Å². The second kappa shape index (κ2) is 11.5. The molecule has 0 unspecified atom stereocenters. The van der Waals surface area contributed by atoms with Gasteiger partial charge in [-0.1, -0.05) is 23.2 Å². The molecule has 0 aliphatic carbocycles. The van der Waals surface area contributed by atoms with E-state index < -0.39 is 6.61 Å². The molecule has 1 heterocycles. The Morgan fingerprint density at radius 2 is 2.07 bits per heavy atom. The Kier molecular flexibility index (Phi) is 10.1. The first-order chi connectivity index (χ1) is 12.4. The zero-order chi connectivity index (χ0) is 19.1. The molecule has 0 atom stereocenters. The molecule has 27 heavy (non-hydrogen) atoms. The van der Waals surface area contributed by atoms with Gasteiger partial charge in [-0.15, -0.1) is 24.0 Å². The first kappa shape index (κ1) is 23.7. The Hall–Kier alpha value is -1.33. The number of hydrogen-bond donors (Lipinski definition) is 2. The monoisotopic (exact) mass is 533 g/mol. The van der Waals surface area contributed by atoms with Gasteiger partial charge in [-0.25, -0.2) is 0 Å². The zero-order valence-electron chi connectivity index (χ0n) is 14.7. The molecule has 0 saturated carbocycles. The van der Waals surface area contributed by atoms with Crippen molar-refractivity contribution in [3.63, 3.8) is 0 Å². The molecule has 150 valence electrons. The maximum absolute atomic E-state index is 12.6. The average Bonchev–Trinajstić information content (AvgIpc) is 2.98. The number of rotatable bonds is 7. The van der Waals surface area contributed by atoms with Crippen molar-refractivity contribution in [2.75, 3.05) is 13.6 Å². The summed E-state index contributed by atoms with van der Waals surface area (Å²) in [5.41, 5.74) is 1.49. The van der Waals surface area contributed by atoms with Gasteiger partial charge in [0.15, 0.2) is 5.96 Å². The predicted octanol–water partition coefficient (Wildman–Crippen LogP) is 3.85. The molecule has 2 aromatic rings. The Balaban J connectivity index is 0.00000364. The Morgan fingerprint density at radius 3 is 2.67 bits per heavy atom. The first-order valence-electron chi connectivity index (χ1n) is 7.73. The van der Waals surface area contributed by atoms with Crippen molar-refractivity contribution >= 4 is 53.1 Å². The Labute approximate surface area is 183 Å². The number of hydrogen-bond acceptors (Lipinski definition) is 3. The molecule has 0 amide bonds. The molecule has 2 rings (SSSR count). The predicted molar refractivity (Wildman–Crippen MR) is 114 cm³/mol. The van der Waals surface area contributed by atoms with E-state index >= 15 is 0 Å². The van der Waals surface area contributed by atoms with E-state index in [2.05, 4.69) is 25.5 Å². The number of halogens is 5. The number of guanidine groups is 1. The minimum atomic E-state index is -2.98. The van der Waals surface area contributed by atoms with Crippen LogP contribution in [-0.4, -0.2) is 35.9 Å². The topological polar surface area (TPSA) is 63.5 Å². The van der Waals surface area contributed by atoms with E-state index in [4.69, 9.17) is 23.2 Å². The summed E-state index contributed by atoms with van der Waals surface area (Å²) in [6.07, 6.45) is 4.48. The molecule has 0 aliphatic rings. The highest BCUT2D eigenvalue weighted by Gasteiger charge is 2.15. The third kappa shape index (κ3) is 7.67. The molecule has 0 spiro atoms. The molecule has 1 aromatic carbocycles. The molecule has 0 bridgehead atoms. The fourth-order valence-corrected chi connectivity index (χ4v) is 2.87. The number of nitrogens with one attached hydrogen (secondary N) is 2. The van der Waals surface area contributed by atoms with Crippen molar-refractivity contribution in [1.82, 2.24) is 20.4 Å². The molecule has 0 aliphatic heterocycles. The number of alkyl halides is 2. The van der Waals surface area contributed by atoms with E-state index in [1.807, 2.05) is 13.2 Å². The zero-order valence-corrected chi connectivity index (χ0v) is 18.5. The quantitative estimate of drug-likeness (QED) is 0.322. The van der Waals surface area contributed by atoms with Crippen molar-refractivity contribution in [2.24, 2.45) is 12.0 Å². The van der Waals surface area contributed by atoms with Crippen LogP contribution in [0.5, 0.6) is 5.75 Å². The van der Waals surface area contributed by atoms with Crippen LogP contribution in [0, 0.1) is 0 Å². The second-order valence-corrected chi connectivity index (χ2v) is 6.22. The van der Waals surface area contributed by atoms with Crippen LogP contribution in [0.2, 0.25) is 10.0 Å². The summed E-state index contributed by atoms with van der Waals surface area (Å²) in [4.78, 5) is 4.09. The molecule has 0 radical (unpaired) electrons. The van der Waals surface area contributed by atoms with Gasteiger partial charge in [-0.3, -0.25) is 9.67 Å². The summed E-state index contributed by atoms with van der Waals surface area (Å²) < 4.78 is 31.4. The van der Waals surface area contributed by atoms with Crippen LogP contribution in [0.1, 0.15) is 11.1 Å². The van der Waals surface area contributed by atoms with Crippen LogP contribution in [0.15, 0.2) is 29.5 Å². The van der Waals surface area contributed by atoms with Crippen molar-refractivity contribution in [3.05, 3.63) is 45.7 Å². The van der Waals surface area contributed by atoms with Gasteiger partial charge in [0.25, 0.3) is 0 Å². The number of aliphatic imine (C=N–C) groups is 1. The molecular weight excluding hydrogens is 514 g/mol. The summed E-state index contributed by atoms with van der Waals surface area (Å²) in [5, 5.41) is 10.6. The van der Waals surface area contributed by atoms with Gasteiger partial charge < -0.3 is 15.4 Å². The van der Waals surface area contributed by atoms with Crippen LogP contribution >= 0.6 is 47.2 Å². The lowest BCUT2D eigenvalue weighted by molar-refractivity contribution is -0.0504. The van der Waals surface area contributed by atoms with Gasteiger partial charge >= 0.3 is 6.61 Å². The summed E-state index contributed by atoms with van der Waals surface area (Å²) in [6, 6.07) is 2.87. The highest BCUT2D eigenvalue weighted by Crippen LogP contribution is 2.33. The minimum absolute atomic E-state index is 0. The lowest BCUT2D eigenvalue weighted by Gasteiger charge is -2.16. The van der Waals surface area contributed by atoms with Gasteiger partial charge in [0.1, 0.15) is 5.75 Å². The molecular formula is C16H20Cl2F2IN5O. The average molecular weight is 534 g/mol. The number of nitrogens with zero attached hydrogens (tertiary/aromatic N) is 3. The van der Waals surface area contributed by atoms with E-state index in [-0.39, 0.29) is 41.3 Å². The molecule has 11 heteroatoms. The summed E-state index contributed by atoms with van der Waals surface area (Å²) >= 11 is 11.9. The normalized spacial score (nSPS) is 11.3. The summed E-state index contributed by atoms with van der Waals surface area (Å²) in [7, 11) is 3.47. The van der Waals surface area contributed by atoms with E-state index in [0.717, 1.165) is 12.0 Å². The molecule has 6 nitrogen and oxygen atoms in total. The Morgan fingerprint density at radius 1 is 1.33 bits per heavy atom. The number of aromatic nitrogens is 2. The summed E-state index contributed by atoms with van der Waals surface area (Å²) in [6.45, 7) is -2.19. The number of ether oxygens (including phenoxy) is 1. The highest BCUT2D eigenvalue weighted by molar-refractivity contribution is 14.0. The van der Waals surface area contributed by atoms with Crippen LogP contribution in [0.25, 0.3) is 0 Å². The van der Waals surface area contributed by atoms with Crippen molar-refractivity contribution in [2.45, 2.75) is 19.6 Å². The maximum Gasteiger partial charge on any atom is 0.387 e. The third-order valence-electron chi connectivity index (χ3n) is 3.43. The van der Waals surface area contributed by atoms with E-state index in [1.54, 1.807) is 17.9 Å². The lowest BCUT2D eigenvalue weighted by Crippen LogP contribution is -2.38. The van der Waals surface area contributed by atoms with Crippen molar-refractivity contribution in [1.29, 1.82) is 0 Å². The van der Waals surface area contributed by atoms with E-state index in [1.165, 1.54) is 12.1 Å². The third-order valence-corrected chi connectivity index (χ3v) is 3.93. The van der Waals surface area contributed by atoms with Crippen LogP contribution in [-0.2, 0) is 20.0 Å². The van der Waals surface area contributed by atoms with Crippen LogP contribution in [0.3, 0.4) is 0 Å². The lowest BCUT2D eigenvalue weighted by atomic mass is 10.2. The molecule has 0 saturated heterocycles. The summed E-state index contributed by atoms with van der Waals surface area (Å²) in [5.74, 6) is 0.400. The van der Waals surface area contributed by atoms with Gasteiger partial charge in [0.05, 0.1) is 11.2 Å². The maximum atomic E-state index is 12.6. The van der Waals surface area contributed by atoms with Gasteiger partial charge in [0, 0.05) is 44.0 Å². The minimum Gasteiger partial charge on any atom is -0.433 e. The van der Waals surface area contributed by atoms with Gasteiger partial charge in [-0.2, -0.15) is 13.9 Å². The Bertz CT molecular complexity index is 773. The molecule has 1 aromatic heterocycles. The van der Waals surface area contributed by atoms with Gasteiger partial charge in [0.2, 0.25) is 0 Å². The smallest absolute Gasteiger partial charge is 0.387 e. The number of benzene rings is 1. The number of aryl methyl sites for hydroxylation is 1. The molecule has 0 fully saturated rings. The SMILES string of the molecule is CN=C(NCCc1cnn(C)c1)NCc1cc(Cl)cc(Cl)c1OC(F)F.I. The fourth-order valence-electron chi connectivity index (χ4n) is 2.29. The van der Waals surface area contributed by atoms with E-state index in [9.17, 15) is 8.78 Å². The highest BCUT2D eigenvalue weighted by atomic mass is 127. The largest absolute Gasteiger partial charge is 0.433 e. The first-order valence-corrected chi connectivity index (χ1v) is 8.49. The van der Waals surface area contributed by atoms with Crippen molar-refractivity contribution in [3.8, 4) is 5.75 Å². The van der Waals surface area contributed by atoms with Crippen molar-refractivity contribution < 1.29 is 13.5 Å². The fraction of sp³-hybridized carbons (Fsp3) is 0.375. The molecule has 2 N–H and O–H groups in total.